The molecule has 0 bridgehead atoms. The number of sulfonamides is 1. The van der Waals surface area contributed by atoms with E-state index in [0.717, 1.165) is 12.5 Å². The maximum absolute atomic E-state index is 12.0. The Kier molecular flexibility index (Phi) is 5.17. The minimum atomic E-state index is -3.91. The molecule has 8 heteroatoms. The van der Waals surface area contributed by atoms with Gasteiger partial charge in [-0.15, -0.1) is 0 Å². The normalized spacial score (nSPS) is 11.9. The summed E-state index contributed by atoms with van der Waals surface area (Å²) in [5.41, 5.74) is 0. The minimum Gasteiger partial charge on any atom is -0.443 e. The molecule has 0 fully saturated rings. The molecule has 1 heterocycles. The molecule has 1 aromatic heterocycles. The molecule has 0 radical (unpaired) electrons. The van der Waals surface area contributed by atoms with Gasteiger partial charge in [0.2, 0.25) is 10.0 Å². The van der Waals surface area contributed by atoms with Crippen LogP contribution in [-0.2, 0) is 10.0 Å². The first-order valence-corrected chi connectivity index (χ1v) is 8.04. The minimum absolute atomic E-state index is 0.0536. The lowest BCUT2D eigenvalue weighted by Gasteiger charge is -2.16. The maximum Gasteiger partial charge on any atom is 0.289 e. The average Bonchev–Trinajstić information content (AvgIpc) is 2.66. The smallest absolute Gasteiger partial charge is 0.289 e. The summed E-state index contributed by atoms with van der Waals surface area (Å²) in [7, 11) is -2.27. The molecular weight excluding hydrogens is 336 g/mol. The molecule has 0 unspecified atom stereocenters. The van der Waals surface area contributed by atoms with Crippen molar-refractivity contribution in [1.82, 2.24) is 4.90 Å². The molecule has 0 saturated carbocycles. The predicted molar refractivity (Wildman–Crippen MR) is 74.2 cm³/mol. The van der Waals surface area contributed by atoms with Crippen molar-refractivity contribution < 1.29 is 17.6 Å². The van der Waals surface area contributed by atoms with Crippen molar-refractivity contribution in [2.75, 3.05) is 13.6 Å². The van der Waals surface area contributed by atoms with E-state index in [2.05, 4.69) is 29.8 Å². The Bertz CT molecular complexity index is 565. The van der Waals surface area contributed by atoms with Crippen LogP contribution in [0.15, 0.2) is 20.0 Å². The summed E-state index contributed by atoms with van der Waals surface area (Å²) in [6.07, 6.45) is 0.853. The molecule has 1 amide bonds. The highest BCUT2D eigenvalue weighted by Crippen LogP contribution is 2.25. The molecule has 0 spiro atoms. The van der Waals surface area contributed by atoms with Crippen LogP contribution < -0.4 is 5.14 Å². The van der Waals surface area contributed by atoms with Crippen LogP contribution in [0.4, 0.5) is 0 Å². The Hall–Kier alpha value is -0.860. The lowest BCUT2D eigenvalue weighted by atomic mass is 10.1. The first-order chi connectivity index (χ1) is 8.62. The Balaban J connectivity index is 2.90. The van der Waals surface area contributed by atoms with Gasteiger partial charge < -0.3 is 9.32 Å². The molecule has 1 aromatic rings. The Labute approximate surface area is 121 Å². The summed E-state index contributed by atoms with van der Waals surface area (Å²) in [4.78, 5) is 13.3. The fourth-order valence-corrected chi connectivity index (χ4v) is 2.90. The molecule has 19 heavy (non-hydrogen) atoms. The summed E-state index contributed by atoms with van der Waals surface area (Å²) in [5.74, 6) is 0.0389. The number of hydrogen-bond acceptors (Lipinski definition) is 4. The van der Waals surface area contributed by atoms with Crippen molar-refractivity contribution in [3.8, 4) is 0 Å². The number of primary sulfonamides is 1. The van der Waals surface area contributed by atoms with E-state index in [9.17, 15) is 13.2 Å². The summed E-state index contributed by atoms with van der Waals surface area (Å²) < 4.78 is 27.5. The average molecular weight is 353 g/mol. The number of amides is 1. The van der Waals surface area contributed by atoms with Crippen LogP contribution in [-0.4, -0.2) is 32.8 Å². The van der Waals surface area contributed by atoms with E-state index in [1.54, 1.807) is 7.05 Å². The van der Waals surface area contributed by atoms with E-state index < -0.39 is 10.0 Å². The first kappa shape index (κ1) is 16.2. The van der Waals surface area contributed by atoms with Crippen molar-refractivity contribution in [2.24, 2.45) is 11.1 Å². The standard InChI is InChI=1S/C11H17BrN2O4S/c1-7(2)4-5-14(3)11(15)8-6-9(10(12)18-8)19(13,16)17/h6-7H,4-5H2,1-3H3,(H2,13,16,17). The number of rotatable bonds is 5. The second kappa shape index (κ2) is 6.06. The molecule has 0 aliphatic carbocycles. The van der Waals surface area contributed by atoms with Gasteiger partial charge in [-0.3, -0.25) is 4.79 Å². The molecular formula is C11H17BrN2O4S. The third kappa shape index (κ3) is 4.32. The van der Waals surface area contributed by atoms with Gasteiger partial charge in [0.15, 0.2) is 10.4 Å². The zero-order valence-corrected chi connectivity index (χ0v) is 13.4. The van der Waals surface area contributed by atoms with Gasteiger partial charge in [0.1, 0.15) is 4.90 Å². The number of hydrogen-bond donors (Lipinski definition) is 1. The summed E-state index contributed by atoms with van der Waals surface area (Å²) in [5, 5.41) is 5.00. The van der Waals surface area contributed by atoms with Crippen LogP contribution in [0.5, 0.6) is 0 Å². The van der Waals surface area contributed by atoms with Crippen molar-refractivity contribution in [1.29, 1.82) is 0 Å². The predicted octanol–water partition coefficient (Wildman–Crippen LogP) is 1.81. The number of carbonyl (C=O) groups is 1. The Morgan fingerprint density at radius 3 is 2.53 bits per heavy atom. The van der Waals surface area contributed by atoms with Crippen LogP contribution >= 0.6 is 15.9 Å². The number of nitrogens with zero attached hydrogens (tertiary/aromatic N) is 1. The number of carbonyl (C=O) groups excluding carboxylic acids is 1. The van der Waals surface area contributed by atoms with E-state index in [1.807, 2.05) is 0 Å². The van der Waals surface area contributed by atoms with Crippen molar-refractivity contribution in [3.63, 3.8) is 0 Å². The molecule has 6 nitrogen and oxygen atoms in total. The van der Waals surface area contributed by atoms with E-state index in [-0.39, 0.29) is 21.2 Å². The third-order valence-corrected chi connectivity index (χ3v) is 4.33. The molecule has 0 aromatic carbocycles. The Morgan fingerprint density at radius 1 is 1.53 bits per heavy atom. The van der Waals surface area contributed by atoms with Crippen LogP contribution in [0.25, 0.3) is 0 Å². The lowest BCUT2D eigenvalue weighted by Crippen LogP contribution is -2.28. The summed E-state index contributed by atoms with van der Waals surface area (Å²) in [6.45, 7) is 4.68. The lowest BCUT2D eigenvalue weighted by molar-refractivity contribution is 0.0756. The van der Waals surface area contributed by atoms with Gasteiger partial charge in [-0.25, -0.2) is 13.6 Å². The quantitative estimate of drug-likeness (QED) is 0.874. The van der Waals surface area contributed by atoms with Crippen molar-refractivity contribution >= 4 is 31.9 Å². The van der Waals surface area contributed by atoms with Crippen LogP contribution in [0.2, 0.25) is 0 Å². The molecule has 0 aliphatic rings. The fraction of sp³-hybridized carbons (Fsp3) is 0.545. The van der Waals surface area contributed by atoms with Gasteiger partial charge in [-0.1, -0.05) is 13.8 Å². The van der Waals surface area contributed by atoms with Gasteiger partial charge in [-0.05, 0) is 28.3 Å². The highest BCUT2D eigenvalue weighted by Gasteiger charge is 2.23. The summed E-state index contributed by atoms with van der Waals surface area (Å²) >= 11 is 2.94. The zero-order valence-electron chi connectivity index (χ0n) is 11.0. The van der Waals surface area contributed by atoms with Crippen LogP contribution in [0, 0.1) is 5.92 Å². The van der Waals surface area contributed by atoms with Gasteiger partial charge in [0.25, 0.3) is 5.91 Å². The summed E-state index contributed by atoms with van der Waals surface area (Å²) in [6, 6.07) is 1.13. The second-order valence-corrected chi connectivity index (χ2v) is 6.95. The topological polar surface area (TPSA) is 93.6 Å². The van der Waals surface area contributed by atoms with Crippen LogP contribution in [0.1, 0.15) is 30.8 Å². The monoisotopic (exact) mass is 352 g/mol. The first-order valence-electron chi connectivity index (χ1n) is 5.70. The third-order valence-electron chi connectivity index (χ3n) is 2.56. The Morgan fingerprint density at radius 2 is 2.11 bits per heavy atom. The molecule has 1 rings (SSSR count). The molecule has 0 aliphatic heterocycles. The number of halogens is 1. The van der Waals surface area contributed by atoms with E-state index in [0.29, 0.717) is 12.5 Å². The van der Waals surface area contributed by atoms with Gasteiger partial charge in [-0.2, -0.15) is 0 Å². The highest BCUT2D eigenvalue weighted by atomic mass is 79.9. The van der Waals surface area contributed by atoms with E-state index >= 15 is 0 Å². The molecule has 0 saturated heterocycles. The molecule has 108 valence electrons. The fourth-order valence-electron chi connectivity index (χ4n) is 1.39. The maximum atomic E-state index is 12.0. The zero-order chi connectivity index (χ0) is 14.8. The van der Waals surface area contributed by atoms with Crippen LogP contribution in [0.3, 0.4) is 0 Å². The van der Waals surface area contributed by atoms with E-state index in [1.165, 1.54) is 4.90 Å². The second-order valence-electron chi connectivity index (χ2n) is 4.70. The van der Waals surface area contributed by atoms with Gasteiger partial charge in [0, 0.05) is 19.7 Å². The number of nitrogens with two attached hydrogens (primary N) is 1. The van der Waals surface area contributed by atoms with E-state index in [4.69, 9.17) is 9.56 Å². The van der Waals surface area contributed by atoms with Crippen molar-refractivity contribution in [2.45, 2.75) is 25.2 Å². The molecule has 0 atom stereocenters. The van der Waals surface area contributed by atoms with Gasteiger partial charge in [0.05, 0.1) is 0 Å². The largest absolute Gasteiger partial charge is 0.443 e. The SMILES string of the molecule is CC(C)CCN(C)C(=O)c1cc(S(N)(=O)=O)c(Br)o1. The van der Waals surface area contributed by atoms with Gasteiger partial charge >= 0.3 is 0 Å². The highest BCUT2D eigenvalue weighted by molar-refractivity contribution is 9.10. The molecule has 2 N–H and O–H groups in total. The number of furan rings is 1. The van der Waals surface area contributed by atoms with Crippen molar-refractivity contribution in [3.05, 3.63) is 16.5 Å².